The minimum Gasteiger partial charge on any atom is -0.383 e. The molecule has 0 aliphatic heterocycles. The molecule has 0 atom stereocenters. The molecule has 1 rings (SSSR count). The maximum Gasteiger partial charge on any atom is 0.0718 e. The predicted octanol–water partition coefficient (Wildman–Crippen LogP) is 4.35. The summed E-state index contributed by atoms with van der Waals surface area (Å²) in [6, 6.07) is 7.62. The molecule has 0 aliphatic carbocycles. The summed E-state index contributed by atoms with van der Waals surface area (Å²) in [4.78, 5) is 0. The Morgan fingerprint density at radius 3 is 2.38 bits per heavy atom. The van der Waals surface area contributed by atoms with Crippen molar-refractivity contribution in [1.82, 2.24) is 0 Å². The van der Waals surface area contributed by atoms with Crippen LogP contribution in [0, 0.1) is 16.7 Å². The Bertz CT molecular complexity index is 388. The fourth-order valence-corrected chi connectivity index (χ4v) is 1.75. The predicted molar refractivity (Wildman–Crippen MR) is 69.0 cm³/mol. The van der Waals surface area contributed by atoms with Gasteiger partial charge in [-0.25, -0.2) is 0 Å². The van der Waals surface area contributed by atoms with E-state index in [1.165, 1.54) is 0 Å². The zero-order valence-corrected chi connectivity index (χ0v) is 10.9. The average Bonchev–Trinajstić information content (AvgIpc) is 2.22. The lowest BCUT2D eigenvalue weighted by atomic mass is 9.91. The SMILES string of the molecule is CC(C)(C#N)CCNc1c(Cl)cccc1Cl. The van der Waals surface area contributed by atoms with E-state index in [2.05, 4.69) is 11.4 Å². The maximum absolute atomic E-state index is 8.87. The minimum absolute atomic E-state index is 0.333. The smallest absolute Gasteiger partial charge is 0.0718 e. The second-order valence-corrected chi connectivity index (χ2v) is 5.08. The highest BCUT2D eigenvalue weighted by Gasteiger charge is 2.16. The topological polar surface area (TPSA) is 35.8 Å². The molecule has 0 heterocycles. The van der Waals surface area contributed by atoms with Crippen LogP contribution in [0.1, 0.15) is 20.3 Å². The first-order valence-electron chi connectivity index (χ1n) is 5.05. The summed E-state index contributed by atoms with van der Waals surface area (Å²) < 4.78 is 0. The molecule has 0 bridgehead atoms. The van der Waals surface area contributed by atoms with E-state index in [0.717, 1.165) is 12.1 Å². The van der Waals surface area contributed by atoms with Crippen LogP contribution in [-0.2, 0) is 0 Å². The van der Waals surface area contributed by atoms with Crippen LogP contribution in [0.25, 0.3) is 0 Å². The van der Waals surface area contributed by atoms with Crippen molar-refractivity contribution in [2.45, 2.75) is 20.3 Å². The Balaban J connectivity index is 2.60. The van der Waals surface area contributed by atoms with Crippen LogP contribution in [0.5, 0.6) is 0 Å². The number of benzene rings is 1. The van der Waals surface area contributed by atoms with Crippen molar-refractivity contribution >= 4 is 28.9 Å². The number of rotatable bonds is 4. The second-order valence-electron chi connectivity index (χ2n) is 4.27. The van der Waals surface area contributed by atoms with Crippen molar-refractivity contribution in [3.8, 4) is 6.07 Å². The van der Waals surface area contributed by atoms with Crippen LogP contribution in [0.15, 0.2) is 18.2 Å². The fourth-order valence-electron chi connectivity index (χ4n) is 1.22. The van der Waals surface area contributed by atoms with Crippen molar-refractivity contribution in [3.63, 3.8) is 0 Å². The molecule has 0 fully saturated rings. The summed E-state index contributed by atoms with van der Waals surface area (Å²) in [7, 11) is 0. The van der Waals surface area contributed by atoms with Gasteiger partial charge in [0.2, 0.25) is 0 Å². The van der Waals surface area contributed by atoms with Crippen LogP contribution in [0.2, 0.25) is 10.0 Å². The standard InChI is InChI=1S/C12H14Cl2N2/c1-12(2,8-15)6-7-16-11-9(13)4-3-5-10(11)14/h3-5,16H,6-7H2,1-2H3. The van der Waals surface area contributed by atoms with Gasteiger partial charge in [-0.05, 0) is 32.4 Å². The maximum atomic E-state index is 8.87. The van der Waals surface area contributed by atoms with Crippen molar-refractivity contribution < 1.29 is 0 Å². The largest absolute Gasteiger partial charge is 0.383 e. The zero-order chi connectivity index (χ0) is 12.2. The molecule has 0 aromatic heterocycles. The van der Waals surface area contributed by atoms with Gasteiger partial charge in [0.25, 0.3) is 0 Å². The van der Waals surface area contributed by atoms with Gasteiger partial charge in [-0.15, -0.1) is 0 Å². The molecule has 1 aromatic carbocycles. The van der Waals surface area contributed by atoms with E-state index in [0.29, 0.717) is 16.6 Å². The molecule has 4 heteroatoms. The van der Waals surface area contributed by atoms with Gasteiger partial charge in [0, 0.05) is 6.54 Å². The van der Waals surface area contributed by atoms with Gasteiger partial charge in [-0.3, -0.25) is 0 Å². The van der Waals surface area contributed by atoms with Crippen LogP contribution in [0.4, 0.5) is 5.69 Å². The quantitative estimate of drug-likeness (QED) is 0.870. The highest BCUT2D eigenvalue weighted by molar-refractivity contribution is 6.39. The Morgan fingerprint density at radius 1 is 1.31 bits per heavy atom. The van der Waals surface area contributed by atoms with Crippen molar-refractivity contribution in [3.05, 3.63) is 28.2 Å². The molecule has 0 saturated carbocycles. The van der Waals surface area contributed by atoms with Gasteiger partial charge in [0.1, 0.15) is 0 Å². The highest BCUT2D eigenvalue weighted by atomic mass is 35.5. The molecule has 0 radical (unpaired) electrons. The van der Waals surface area contributed by atoms with E-state index in [4.69, 9.17) is 28.5 Å². The molecule has 0 saturated heterocycles. The van der Waals surface area contributed by atoms with Crippen molar-refractivity contribution in [2.24, 2.45) is 5.41 Å². The molecule has 2 nitrogen and oxygen atoms in total. The molecule has 0 spiro atoms. The van der Waals surface area contributed by atoms with Crippen LogP contribution in [0.3, 0.4) is 0 Å². The first-order chi connectivity index (χ1) is 7.46. The molecular weight excluding hydrogens is 243 g/mol. The molecule has 86 valence electrons. The Hall–Kier alpha value is -0.910. The van der Waals surface area contributed by atoms with Crippen LogP contribution in [-0.4, -0.2) is 6.54 Å². The van der Waals surface area contributed by atoms with Gasteiger partial charge >= 0.3 is 0 Å². The lowest BCUT2D eigenvalue weighted by Crippen LogP contribution is -2.14. The first kappa shape index (κ1) is 13.2. The van der Waals surface area contributed by atoms with Gasteiger partial charge in [-0.2, -0.15) is 5.26 Å². The van der Waals surface area contributed by atoms with E-state index in [1.807, 2.05) is 13.8 Å². The first-order valence-corrected chi connectivity index (χ1v) is 5.81. The average molecular weight is 257 g/mol. The van der Waals surface area contributed by atoms with Gasteiger partial charge in [0.15, 0.2) is 0 Å². The lowest BCUT2D eigenvalue weighted by molar-refractivity contribution is 0.466. The normalized spacial score (nSPS) is 10.9. The number of nitrogens with one attached hydrogen (secondary N) is 1. The third-order valence-electron chi connectivity index (χ3n) is 2.32. The summed E-state index contributed by atoms with van der Waals surface area (Å²) >= 11 is 12.0. The zero-order valence-electron chi connectivity index (χ0n) is 9.35. The summed E-state index contributed by atoms with van der Waals surface area (Å²) in [5, 5.41) is 13.2. The van der Waals surface area contributed by atoms with Gasteiger partial charge < -0.3 is 5.32 Å². The monoisotopic (exact) mass is 256 g/mol. The number of hydrogen-bond acceptors (Lipinski definition) is 2. The minimum atomic E-state index is -0.333. The number of nitriles is 1. The number of nitrogens with zero attached hydrogens (tertiary/aromatic N) is 1. The van der Waals surface area contributed by atoms with E-state index in [1.54, 1.807) is 18.2 Å². The van der Waals surface area contributed by atoms with E-state index in [-0.39, 0.29) is 5.41 Å². The molecular formula is C12H14Cl2N2. The lowest BCUT2D eigenvalue weighted by Gasteiger charge is -2.16. The van der Waals surface area contributed by atoms with E-state index < -0.39 is 0 Å². The van der Waals surface area contributed by atoms with E-state index >= 15 is 0 Å². The molecule has 1 aromatic rings. The van der Waals surface area contributed by atoms with Gasteiger partial charge in [-0.1, -0.05) is 29.3 Å². The van der Waals surface area contributed by atoms with Crippen molar-refractivity contribution in [1.29, 1.82) is 5.26 Å². The Labute approximate surface area is 106 Å². The van der Waals surface area contributed by atoms with Crippen molar-refractivity contribution in [2.75, 3.05) is 11.9 Å². The summed E-state index contributed by atoms with van der Waals surface area (Å²) in [5.41, 5.74) is 0.403. The third kappa shape index (κ3) is 3.59. The molecule has 0 aliphatic rings. The number of halogens is 2. The highest BCUT2D eigenvalue weighted by Crippen LogP contribution is 2.30. The fraction of sp³-hybridized carbons (Fsp3) is 0.417. The third-order valence-corrected chi connectivity index (χ3v) is 2.95. The molecule has 0 amide bonds. The van der Waals surface area contributed by atoms with Crippen LogP contribution < -0.4 is 5.32 Å². The number of anilines is 1. The second kappa shape index (κ2) is 5.43. The number of hydrogen-bond donors (Lipinski definition) is 1. The summed E-state index contributed by atoms with van der Waals surface area (Å²) in [5.74, 6) is 0. The number of para-hydroxylation sites is 1. The molecule has 1 N–H and O–H groups in total. The summed E-state index contributed by atoms with van der Waals surface area (Å²) in [6.07, 6.45) is 0.741. The Kier molecular flexibility index (Phi) is 4.46. The van der Waals surface area contributed by atoms with Crippen LogP contribution >= 0.6 is 23.2 Å². The molecule has 16 heavy (non-hydrogen) atoms. The van der Waals surface area contributed by atoms with E-state index in [9.17, 15) is 0 Å². The molecule has 0 unspecified atom stereocenters. The summed E-state index contributed by atoms with van der Waals surface area (Å²) in [6.45, 7) is 4.48. The Morgan fingerprint density at radius 2 is 1.88 bits per heavy atom. The van der Waals surface area contributed by atoms with Gasteiger partial charge in [0.05, 0.1) is 27.2 Å².